The summed E-state index contributed by atoms with van der Waals surface area (Å²) in [5, 5.41) is 0.950. The molecular weight excluding hydrogens is 350 g/mol. The maximum atomic E-state index is 12.3. The van der Waals surface area contributed by atoms with E-state index in [0.29, 0.717) is 23.8 Å². The van der Waals surface area contributed by atoms with Crippen molar-refractivity contribution in [2.75, 3.05) is 14.2 Å². The number of benzene rings is 1. The summed E-state index contributed by atoms with van der Waals surface area (Å²) in [6, 6.07) is 5.76. The van der Waals surface area contributed by atoms with E-state index in [1.807, 2.05) is 30.4 Å². The van der Waals surface area contributed by atoms with Gasteiger partial charge in [0.15, 0.2) is 17.3 Å². The van der Waals surface area contributed by atoms with E-state index in [-0.39, 0.29) is 5.78 Å². The molecule has 0 aliphatic heterocycles. The van der Waals surface area contributed by atoms with Crippen LogP contribution in [0, 0.1) is 11.8 Å². The second-order valence-corrected chi connectivity index (χ2v) is 7.58. The number of allylic oxidation sites excluding steroid dienone is 2. The Morgan fingerprint density at radius 1 is 1.18 bits per heavy atom. The fourth-order valence-corrected chi connectivity index (χ4v) is 4.07. The molecule has 0 saturated heterocycles. The number of ketones is 1. The average Bonchev–Trinajstić information content (AvgIpc) is 3.17. The number of fused-ring (bicyclic) bond motifs is 1. The summed E-state index contributed by atoms with van der Waals surface area (Å²) < 4.78 is 10.7. The Morgan fingerprint density at radius 2 is 1.93 bits per heavy atom. The van der Waals surface area contributed by atoms with Crippen molar-refractivity contribution in [2.45, 2.75) is 38.5 Å². The Hall–Kier alpha value is -2.62. The van der Waals surface area contributed by atoms with Gasteiger partial charge in [0, 0.05) is 24.1 Å². The van der Waals surface area contributed by atoms with E-state index < -0.39 is 0 Å². The summed E-state index contributed by atoms with van der Waals surface area (Å²) in [4.78, 5) is 16.7. The Morgan fingerprint density at radius 3 is 2.68 bits per heavy atom. The molecular formula is C24H29NO3. The molecule has 148 valence electrons. The van der Waals surface area contributed by atoms with Crippen LogP contribution in [0.25, 0.3) is 17.0 Å². The quantitative estimate of drug-likeness (QED) is 0.420. The van der Waals surface area contributed by atoms with Crippen molar-refractivity contribution in [1.82, 2.24) is 4.98 Å². The highest BCUT2D eigenvalue weighted by Gasteiger charge is 2.23. The van der Waals surface area contributed by atoms with Crippen molar-refractivity contribution in [3.63, 3.8) is 0 Å². The predicted molar refractivity (Wildman–Crippen MR) is 114 cm³/mol. The summed E-state index contributed by atoms with van der Waals surface area (Å²) in [5.74, 6) is 2.96. The minimum Gasteiger partial charge on any atom is -0.493 e. The van der Waals surface area contributed by atoms with E-state index in [4.69, 9.17) is 9.47 Å². The van der Waals surface area contributed by atoms with Gasteiger partial charge in [-0.25, -0.2) is 0 Å². The monoisotopic (exact) mass is 379 g/mol. The molecule has 3 rings (SSSR count). The topological polar surface area (TPSA) is 48.4 Å². The van der Waals surface area contributed by atoms with Crippen LogP contribution in [0.1, 0.15) is 44.1 Å². The largest absolute Gasteiger partial charge is 0.493 e. The van der Waals surface area contributed by atoms with Crippen LogP contribution in [-0.4, -0.2) is 25.0 Å². The first-order valence-corrected chi connectivity index (χ1v) is 9.96. The van der Waals surface area contributed by atoms with Gasteiger partial charge in [0.2, 0.25) is 0 Å². The highest BCUT2D eigenvalue weighted by Crippen LogP contribution is 2.36. The summed E-state index contributed by atoms with van der Waals surface area (Å²) in [5.41, 5.74) is 1.73. The van der Waals surface area contributed by atoms with E-state index in [1.165, 1.54) is 19.3 Å². The lowest BCUT2D eigenvalue weighted by Crippen LogP contribution is -2.00. The van der Waals surface area contributed by atoms with Crippen LogP contribution in [0.15, 0.2) is 43.1 Å². The van der Waals surface area contributed by atoms with Crippen molar-refractivity contribution < 1.29 is 14.3 Å². The molecule has 0 amide bonds. The standard InChI is InChI=1S/C24H29NO3/c1-4-5-17-6-7-18(12-17)8-10-21(26)11-9-19-13-20-14-23(27-2)24(28-3)15-22(20)25-16-19/h4,9,11,13-18H,1,5-8,10,12H2,2-3H3/b11-9+. The average molecular weight is 380 g/mol. The van der Waals surface area contributed by atoms with Gasteiger partial charge in [0.05, 0.1) is 19.7 Å². The smallest absolute Gasteiger partial charge is 0.162 e. The lowest BCUT2D eigenvalue weighted by molar-refractivity contribution is -0.114. The van der Waals surface area contributed by atoms with Gasteiger partial charge in [0.25, 0.3) is 0 Å². The van der Waals surface area contributed by atoms with E-state index in [0.717, 1.165) is 35.2 Å². The van der Waals surface area contributed by atoms with E-state index >= 15 is 0 Å². The minimum atomic E-state index is 0.180. The number of aromatic nitrogens is 1. The molecule has 1 aliphatic carbocycles. The molecule has 1 heterocycles. The number of ether oxygens (including phenoxy) is 2. The third-order valence-corrected chi connectivity index (χ3v) is 5.62. The normalized spacial score (nSPS) is 19.2. The molecule has 0 bridgehead atoms. The zero-order valence-corrected chi connectivity index (χ0v) is 16.8. The van der Waals surface area contributed by atoms with Crippen LogP contribution in [0.2, 0.25) is 0 Å². The second kappa shape index (κ2) is 9.54. The Balaban J connectivity index is 1.59. The second-order valence-electron chi connectivity index (χ2n) is 7.58. The van der Waals surface area contributed by atoms with Crippen molar-refractivity contribution in [3.8, 4) is 11.5 Å². The highest BCUT2D eigenvalue weighted by atomic mass is 16.5. The molecule has 28 heavy (non-hydrogen) atoms. The molecule has 1 aromatic heterocycles. The van der Waals surface area contributed by atoms with Crippen LogP contribution in [-0.2, 0) is 4.79 Å². The van der Waals surface area contributed by atoms with Gasteiger partial charge in [-0.1, -0.05) is 12.5 Å². The van der Waals surface area contributed by atoms with Crippen molar-refractivity contribution >= 4 is 22.8 Å². The highest BCUT2D eigenvalue weighted by molar-refractivity contribution is 5.94. The summed E-state index contributed by atoms with van der Waals surface area (Å²) in [7, 11) is 3.22. The van der Waals surface area contributed by atoms with Gasteiger partial charge >= 0.3 is 0 Å². The van der Waals surface area contributed by atoms with Gasteiger partial charge in [-0.3, -0.25) is 9.78 Å². The molecule has 0 radical (unpaired) electrons. The Bertz CT molecular complexity index is 872. The zero-order chi connectivity index (χ0) is 19.9. The van der Waals surface area contributed by atoms with E-state index in [1.54, 1.807) is 26.5 Å². The number of methoxy groups -OCH3 is 2. The Kier molecular flexibility index (Phi) is 6.85. The summed E-state index contributed by atoms with van der Waals surface area (Å²) >= 11 is 0. The van der Waals surface area contributed by atoms with Crippen LogP contribution < -0.4 is 9.47 Å². The zero-order valence-electron chi connectivity index (χ0n) is 16.8. The number of pyridine rings is 1. The van der Waals surface area contributed by atoms with E-state index in [9.17, 15) is 4.79 Å². The van der Waals surface area contributed by atoms with Crippen molar-refractivity contribution in [2.24, 2.45) is 11.8 Å². The predicted octanol–water partition coefficient (Wildman–Crippen LogP) is 5.61. The minimum absolute atomic E-state index is 0.180. The molecule has 0 spiro atoms. The number of carbonyl (C=O) groups is 1. The fraction of sp³-hybridized carbons (Fsp3) is 0.417. The molecule has 1 aliphatic rings. The SMILES string of the molecule is C=CCC1CCC(CCC(=O)/C=C/c2cnc3cc(OC)c(OC)cc3c2)C1. The summed E-state index contributed by atoms with van der Waals surface area (Å²) in [6.45, 7) is 3.83. The number of hydrogen-bond acceptors (Lipinski definition) is 4. The van der Waals surface area contributed by atoms with Crippen LogP contribution in [0.4, 0.5) is 0 Å². The molecule has 1 saturated carbocycles. The first-order chi connectivity index (χ1) is 13.6. The number of carbonyl (C=O) groups excluding carboxylic acids is 1. The molecule has 1 fully saturated rings. The van der Waals surface area contributed by atoms with Crippen LogP contribution in [0.3, 0.4) is 0 Å². The molecule has 0 N–H and O–H groups in total. The van der Waals surface area contributed by atoms with Gasteiger partial charge in [-0.2, -0.15) is 0 Å². The number of nitrogens with zero attached hydrogens (tertiary/aromatic N) is 1. The van der Waals surface area contributed by atoms with Gasteiger partial charge in [0.1, 0.15) is 0 Å². The third kappa shape index (κ3) is 5.00. The fourth-order valence-electron chi connectivity index (χ4n) is 4.07. The lowest BCUT2D eigenvalue weighted by Gasteiger charge is -2.09. The third-order valence-electron chi connectivity index (χ3n) is 5.62. The maximum absolute atomic E-state index is 12.3. The van der Waals surface area contributed by atoms with Gasteiger partial charge < -0.3 is 9.47 Å². The molecule has 1 aromatic carbocycles. The molecule has 2 atom stereocenters. The number of rotatable bonds is 9. The first-order valence-electron chi connectivity index (χ1n) is 9.96. The van der Waals surface area contributed by atoms with Gasteiger partial charge in [-0.15, -0.1) is 6.58 Å². The van der Waals surface area contributed by atoms with Gasteiger partial charge in [-0.05, 0) is 67.4 Å². The lowest BCUT2D eigenvalue weighted by atomic mass is 9.97. The molecule has 4 heteroatoms. The summed E-state index contributed by atoms with van der Waals surface area (Å²) in [6.07, 6.45) is 13.8. The Labute approximate surface area is 167 Å². The number of hydrogen-bond donors (Lipinski definition) is 0. The van der Waals surface area contributed by atoms with Crippen LogP contribution in [0.5, 0.6) is 11.5 Å². The van der Waals surface area contributed by atoms with Crippen molar-refractivity contribution in [1.29, 1.82) is 0 Å². The van der Waals surface area contributed by atoms with Crippen molar-refractivity contribution in [3.05, 3.63) is 48.7 Å². The first kappa shape index (κ1) is 20.1. The van der Waals surface area contributed by atoms with E-state index in [2.05, 4.69) is 11.6 Å². The molecule has 4 nitrogen and oxygen atoms in total. The maximum Gasteiger partial charge on any atom is 0.162 e. The van der Waals surface area contributed by atoms with Crippen LogP contribution >= 0.6 is 0 Å². The molecule has 2 unspecified atom stereocenters. The molecule has 2 aromatic rings.